The summed E-state index contributed by atoms with van der Waals surface area (Å²) in [5, 5.41) is 10.3. The fraction of sp³-hybridized carbons (Fsp3) is 0.250. The molecule has 4 nitrogen and oxygen atoms in total. The van der Waals surface area contributed by atoms with Gasteiger partial charge in [-0.25, -0.2) is 0 Å². The Morgan fingerprint density at radius 3 is 2.69 bits per heavy atom. The Bertz CT molecular complexity index is 462. The van der Waals surface area contributed by atoms with E-state index in [4.69, 9.17) is 4.74 Å². The molecule has 0 aliphatic carbocycles. The van der Waals surface area contributed by atoms with Crippen LogP contribution in [0.4, 0.5) is 0 Å². The summed E-state index contributed by atoms with van der Waals surface area (Å²) in [7, 11) is 0. The normalized spacial score (nSPS) is 15.8. The first-order chi connectivity index (χ1) is 7.92. The summed E-state index contributed by atoms with van der Waals surface area (Å²) in [5.41, 5.74) is 2.11. The van der Waals surface area contributed by atoms with Crippen LogP contribution in [0.25, 0.3) is 11.3 Å². The summed E-state index contributed by atoms with van der Waals surface area (Å²) >= 11 is 0. The van der Waals surface area contributed by atoms with Gasteiger partial charge in [-0.15, -0.1) is 5.10 Å². The molecule has 0 spiro atoms. The van der Waals surface area contributed by atoms with Crippen molar-refractivity contribution in [2.24, 2.45) is 0 Å². The van der Waals surface area contributed by atoms with Crippen LogP contribution in [-0.4, -0.2) is 29.4 Å². The Balaban J connectivity index is 1.77. The van der Waals surface area contributed by atoms with Crippen molar-refractivity contribution in [3.05, 3.63) is 36.4 Å². The van der Waals surface area contributed by atoms with Gasteiger partial charge in [-0.1, -0.05) is 30.3 Å². The first-order valence-electron chi connectivity index (χ1n) is 5.40. The summed E-state index contributed by atoms with van der Waals surface area (Å²) in [4.78, 5) is 0. The van der Waals surface area contributed by atoms with Gasteiger partial charge in [-0.05, 0) is 5.56 Å². The van der Waals surface area contributed by atoms with Gasteiger partial charge in [-0.2, -0.15) is 0 Å². The Morgan fingerprint density at radius 1 is 1.19 bits per heavy atom. The Morgan fingerprint density at radius 2 is 2.00 bits per heavy atom. The minimum atomic E-state index is 0.270. The molecule has 0 radical (unpaired) electrons. The Labute approximate surface area is 93.6 Å². The van der Waals surface area contributed by atoms with E-state index in [0.29, 0.717) is 5.88 Å². The molecule has 82 valence electrons. The van der Waals surface area contributed by atoms with Crippen LogP contribution in [0.15, 0.2) is 36.4 Å². The molecule has 3 rings (SSSR count). The van der Waals surface area contributed by atoms with E-state index in [1.165, 1.54) is 0 Å². The van der Waals surface area contributed by atoms with Crippen molar-refractivity contribution in [1.82, 2.24) is 15.5 Å². The molecule has 0 bridgehead atoms. The molecule has 1 fully saturated rings. The molecule has 1 aromatic carbocycles. The van der Waals surface area contributed by atoms with Gasteiger partial charge in [0.25, 0.3) is 0 Å². The molecule has 2 N–H and O–H groups in total. The summed E-state index contributed by atoms with van der Waals surface area (Å²) in [6.45, 7) is 1.82. The van der Waals surface area contributed by atoms with Gasteiger partial charge in [-0.3, -0.25) is 5.10 Å². The van der Waals surface area contributed by atoms with Gasteiger partial charge in [0.05, 0.1) is 5.69 Å². The lowest BCUT2D eigenvalue weighted by molar-refractivity contribution is 0.136. The molecule has 0 unspecified atom stereocenters. The molecule has 2 heterocycles. The summed E-state index contributed by atoms with van der Waals surface area (Å²) in [6, 6.07) is 12.0. The third-order valence-electron chi connectivity index (χ3n) is 2.67. The second-order valence-electron chi connectivity index (χ2n) is 3.88. The SMILES string of the molecule is c1ccc(-c2cc(OC3CNC3)n[nH]2)cc1. The summed E-state index contributed by atoms with van der Waals surface area (Å²) in [5.74, 6) is 0.672. The van der Waals surface area contributed by atoms with E-state index in [-0.39, 0.29) is 6.10 Å². The number of nitrogens with zero attached hydrogens (tertiary/aromatic N) is 1. The molecular weight excluding hydrogens is 202 g/mol. The van der Waals surface area contributed by atoms with Crippen LogP contribution in [0, 0.1) is 0 Å². The minimum absolute atomic E-state index is 0.270. The van der Waals surface area contributed by atoms with Crippen LogP contribution in [0.3, 0.4) is 0 Å². The number of nitrogens with one attached hydrogen (secondary N) is 2. The third kappa shape index (κ3) is 1.79. The van der Waals surface area contributed by atoms with E-state index in [2.05, 4.69) is 15.5 Å². The predicted molar refractivity (Wildman–Crippen MR) is 61.3 cm³/mol. The second kappa shape index (κ2) is 3.98. The van der Waals surface area contributed by atoms with Crippen molar-refractivity contribution < 1.29 is 4.74 Å². The summed E-state index contributed by atoms with van der Waals surface area (Å²) < 4.78 is 5.65. The number of hydrogen-bond acceptors (Lipinski definition) is 3. The van der Waals surface area contributed by atoms with Gasteiger partial charge < -0.3 is 10.1 Å². The Hall–Kier alpha value is -1.81. The van der Waals surface area contributed by atoms with Crippen LogP contribution in [0.5, 0.6) is 5.88 Å². The number of ether oxygens (including phenoxy) is 1. The number of H-pyrrole nitrogens is 1. The lowest BCUT2D eigenvalue weighted by atomic mass is 10.2. The van der Waals surface area contributed by atoms with Crippen molar-refractivity contribution >= 4 is 0 Å². The van der Waals surface area contributed by atoms with Gasteiger partial charge in [0.2, 0.25) is 5.88 Å². The fourth-order valence-electron chi connectivity index (χ4n) is 1.65. The van der Waals surface area contributed by atoms with Crippen molar-refractivity contribution in [3.8, 4) is 17.1 Å². The average Bonchev–Trinajstić information content (AvgIpc) is 2.73. The molecule has 0 atom stereocenters. The van der Waals surface area contributed by atoms with Gasteiger partial charge in [0, 0.05) is 19.2 Å². The van der Waals surface area contributed by atoms with Crippen molar-refractivity contribution in [3.63, 3.8) is 0 Å². The van der Waals surface area contributed by atoms with Crippen molar-refractivity contribution in [1.29, 1.82) is 0 Å². The number of aromatic nitrogens is 2. The minimum Gasteiger partial charge on any atom is -0.471 e. The van der Waals surface area contributed by atoms with Gasteiger partial charge >= 0.3 is 0 Å². The smallest absolute Gasteiger partial charge is 0.233 e. The topological polar surface area (TPSA) is 49.9 Å². The largest absolute Gasteiger partial charge is 0.471 e. The van der Waals surface area contributed by atoms with E-state index in [1.807, 2.05) is 36.4 Å². The first kappa shape index (κ1) is 9.42. The van der Waals surface area contributed by atoms with Crippen LogP contribution in [0.2, 0.25) is 0 Å². The maximum atomic E-state index is 5.65. The zero-order valence-electron chi connectivity index (χ0n) is 8.81. The lowest BCUT2D eigenvalue weighted by Crippen LogP contribution is -2.50. The maximum absolute atomic E-state index is 5.65. The highest BCUT2D eigenvalue weighted by Gasteiger charge is 2.19. The Kier molecular flexibility index (Phi) is 2.34. The van der Waals surface area contributed by atoms with Crippen LogP contribution in [-0.2, 0) is 0 Å². The molecule has 1 aromatic heterocycles. The van der Waals surface area contributed by atoms with Crippen molar-refractivity contribution in [2.75, 3.05) is 13.1 Å². The predicted octanol–water partition coefficient (Wildman–Crippen LogP) is 1.43. The average molecular weight is 215 g/mol. The van der Waals surface area contributed by atoms with E-state index in [0.717, 1.165) is 24.3 Å². The van der Waals surface area contributed by atoms with E-state index < -0.39 is 0 Å². The van der Waals surface area contributed by atoms with Crippen LogP contribution in [0.1, 0.15) is 0 Å². The fourth-order valence-corrected chi connectivity index (χ4v) is 1.65. The number of hydrogen-bond donors (Lipinski definition) is 2. The van der Waals surface area contributed by atoms with Gasteiger partial charge in [0.15, 0.2) is 0 Å². The quantitative estimate of drug-likeness (QED) is 0.814. The molecule has 16 heavy (non-hydrogen) atoms. The lowest BCUT2D eigenvalue weighted by Gasteiger charge is -2.26. The standard InChI is InChI=1S/C12H13N3O/c1-2-4-9(5-3-1)11-6-12(15-14-11)16-10-7-13-8-10/h1-6,10,13H,7-8H2,(H,14,15). The highest BCUT2D eigenvalue weighted by Crippen LogP contribution is 2.21. The van der Waals surface area contributed by atoms with E-state index >= 15 is 0 Å². The van der Waals surface area contributed by atoms with Crippen LogP contribution < -0.4 is 10.1 Å². The highest BCUT2D eigenvalue weighted by atomic mass is 16.5. The maximum Gasteiger partial charge on any atom is 0.233 e. The zero-order chi connectivity index (χ0) is 10.8. The molecule has 0 amide bonds. The molecular formula is C12H13N3O. The number of rotatable bonds is 3. The molecule has 2 aromatic rings. The van der Waals surface area contributed by atoms with E-state index in [1.54, 1.807) is 0 Å². The second-order valence-corrected chi connectivity index (χ2v) is 3.88. The van der Waals surface area contributed by atoms with Crippen molar-refractivity contribution in [2.45, 2.75) is 6.10 Å². The van der Waals surface area contributed by atoms with Gasteiger partial charge in [0.1, 0.15) is 6.10 Å². The van der Waals surface area contributed by atoms with Crippen LogP contribution >= 0.6 is 0 Å². The zero-order valence-corrected chi connectivity index (χ0v) is 8.81. The van der Waals surface area contributed by atoms with E-state index in [9.17, 15) is 0 Å². The highest BCUT2D eigenvalue weighted by molar-refractivity contribution is 5.59. The number of aromatic amines is 1. The third-order valence-corrected chi connectivity index (χ3v) is 2.67. The molecule has 1 aliphatic rings. The monoisotopic (exact) mass is 215 g/mol. The summed E-state index contributed by atoms with van der Waals surface area (Å²) in [6.07, 6.45) is 0.270. The first-order valence-corrected chi connectivity index (χ1v) is 5.40. The molecule has 1 aliphatic heterocycles. The molecule has 0 saturated carbocycles. The number of benzene rings is 1. The molecule has 1 saturated heterocycles. The molecule has 4 heteroatoms.